The number of aromatic nitrogens is 1. The number of nitrogens with one attached hydrogen (secondary N) is 2. The van der Waals surface area contributed by atoms with Gasteiger partial charge in [0.25, 0.3) is 5.91 Å². The summed E-state index contributed by atoms with van der Waals surface area (Å²) >= 11 is 5.94. The third-order valence-corrected chi connectivity index (χ3v) is 5.85. The van der Waals surface area contributed by atoms with Crippen molar-refractivity contribution in [1.29, 1.82) is 0 Å². The van der Waals surface area contributed by atoms with Crippen molar-refractivity contribution in [2.24, 2.45) is 0 Å². The summed E-state index contributed by atoms with van der Waals surface area (Å²) in [7, 11) is 0. The molecule has 7 nitrogen and oxygen atoms in total. The zero-order valence-electron chi connectivity index (χ0n) is 16.4. The van der Waals surface area contributed by atoms with Crippen LogP contribution in [0.2, 0.25) is 5.02 Å². The largest absolute Gasteiger partial charge is 0.367 e. The second-order valence-electron chi connectivity index (χ2n) is 7.70. The van der Waals surface area contributed by atoms with Gasteiger partial charge in [-0.15, -0.1) is 0 Å². The van der Waals surface area contributed by atoms with Crippen LogP contribution in [-0.2, 0) is 9.59 Å². The molecule has 1 aliphatic heterocycles. The van der Waals surface area contributed by atoms with E-state index in [-0.39, 0.29) is 29.8 Å². The maximum Gasteiger partial charge on any atom is 0.257 e. The number of hydrogen-bond donors (Lipinski definition) is 2. The van der Waals surface area contributed by atoms with E-state index in [2.05, 4.69) is 15.6 Å². The van der Waals surface area contributed by atoms with Crippen molar-refractivity contribution in [2.45, 2.75) is 50.6 Å². The number of pyridine rings is 1. The predicted octanol–water partition coefficient (Wildman–Crippen LogP) is 3.86. The Morgan fingerprint density at radius 3 is 2.40 bits per heavy atom. The van der Waals surface area contributed by atoms with E-state index in [4.69, 9.17) is 11.6 Å². The van der Waals surface area contributed by atoms with Gasteiger partial charge in [0.1, 0.15) is 5.82 Å². The first-order valence-corrected chi connectivity index (χ1v) is 10.5. The Labute approximate surface area is 179 Å². The fourth-order valence-corrected chi connectivity index (χ4v) is 4.26. The van der Waals surface area contributed by atoms with Crippen molar-refractivity contribution in [2.75, 3.05) is 10.6 Å². The highest BCUT2D eigenvalue weighted by Crippen LogP contribution is 2.28. The average molecular weight is 427 g/mol. The lowest BCUT2D eigenvalue weighted by Gasteiger charge is -2.34. The molecule has 0 spiro atoms. The summed E-state index contributed by atoms with van der Waals surface area (Å²) in [6, 6.07) is 10.7. The number of benzene rings is 1. The lowest BCUT2D eigenvalue weighted by atomic mass is 9.90. The molecule has 2 fully saturated rings. The Kier molecular flexibility index (Phi) is 5.99. The molecule has 1 saturated heterocycles. The third kappa shape index (κ3) is 4.62. The molecule has 8 heteroatoms. The van der Waals surface area contributed by atoms with E-state index in [1.165, 1.54) is 11.1 Å². The molecule has 1 aliphatic carbocycles. The van der Waals surface area contributed by atoms with Gasteiger partial charge in [-0.2, -0.15) is 0 Å². The van der Waals surface area contributed by atoms with Crippen molar-refractivity contribution in [1.82, 2.24) is 9.88 Å². The van der Waals surface area contributed by atoms with Crippen LogP contribution in [0.5, 0.6) is 0 Å². The van der Waals surface area contributed by atoms with E-state index in [0.717, 1.165) is 25.7 Å². The first-order chi connectivity index (χ1) is 14.5. The summed E-state index contributed by atoms with van der Waals surface area (Å²) in [5, 5.41) is 6.74. The summed E-state index contributed by atoms with van der Waals surface area (Å²) in [6.07, 6.45) is 5.55. The van der Waals surface area contributed by atoms with Crippen LogP contribution in [0.25, 0.3) is 0 Å². The number of imide groups is 1. The number of carbonyl (C=O) groups is 3. The van der Waals surface area contributed by atoms with E-state index >= 15 is 0 Å². The van der Waals surface area contributed by atoms with Gasteiger partial charge in [-0.25, -0.2) is 4.98 Å². The molecule has 2 N–H and O–H groups in total. The summed E-state index contributed by atoms with van der Waals surface area (Å²) in [5.41, 5.74) is 1.08. The summed E-state index contributed by atoms with van der Waals surface area (Å²) in [6.45, 7) is 0. The number of amides is 3. The fraction of sp³-hybridized carbons (Fsp3) is 0.364. The van der Waals surface area contributed by atoms with Crippen LogP contribution in [0.3, 0.4) is 0 Å². The van der Waals surface area contributed by atoms with Gasteiger partial charge < -0.3 is 10.6 Å². The summed E-state index contributed by atoms with van der Waals surface area (Å²) in [4.78, 5) is 42.0. The normalized spacial score (nSPS) is 21.6. The van der Waals surface area contributed by atoms with E-state index in [1.807, 2.05) is 0 Å². The molecule has 0 bridgehead atoms. The molecule has 0 radical (unpaired) electrons. The van der Waals surface area contributed by atoms with Crippen LogP contribution in [-0.4, -0.2) is 39.7 Å². The van der Waals surface area contributed by atoms with Gasteiger partial charge >= 0.3 is 0 Å². The molecule has 30 heavy (non-hydrogen) atoms. The Hall–Kier alpha value is -2.93. The number of carbonyl (C=O) groups excluding carboxylic acids is 3. The summed E-state index contributed by atoms with van der Waals surface area (Å²) < 4.78 is 0. The van der Waals surface area contributed by atoms with Crippen LogP contribution in [0, 0.1) is 0 Å². The van der Waals surface area contributed by atoms with Gasteiger partial charge in [-0.3, -0.25) is 19.3 Å². The topological polar surface area (TPSA) is 91.4 Å². The minimum atomic E-state index is -0.253. The highest BCUT2D eigenvalue weighted by molar-refractivity contribution is 6.31. The molecule has 0 unspecified atom stereocenters. The fourth-order valence-electron chi connectivity index (χ4n) is 4.07. The Balaban J connectivity index is 1.29. The number of likely N-dealkylation sites (tertiary alicyclic amines) is 1. The van der Waals surface area contributed by atoms with Crippen molar-refractivity contribution < 1.29 is 14.4 Å². The van der Waals surface area contributed by atoms with E-state index in [9.17, 15) is 14.4 Å². The van der Waals surface area contributed by atoms with E-state index < -0.39 is 0 Å². The first kappa shape index (κ1) is 20.3. The third-order valence-electron chi connectivity index (χ3n) is 5.61. The van der Waals surface area contributed by atoms with Gasteiger partial charge in [0.2, 0.25) is 11.8 Å². The molecule has 1 aromatic heterocycles. The number of anilines is 2. The zero-order chi connectivity index (χ0) is 21.1. The van der Waals surface area contributed by atoms with Gasteiger partial charge in [-0.05, 0) is 56.0 Å². The minimum Gasteiger partial charge on any atom is -0.367 e. The molecule has 2 heterocycles. The lowest BCUT2D eigenvalue weighted by molar-refractivity contribution is -0.141. The lowest BCUT2D eigenvalue weighted by Crippen LogP contribution is -2.43. The van der Waals surface area contributed by atoms with Crippen molar-refractivity contribution in [3.05, 3.63) is 53.2 Å². The number of hydrogen-bond acceptors (Lipinski definition) is 5. The van der Waals surface area contributed by atoms with Crippen LogP contribution < -0.4 is 10.6 Å². The number of nitrogens with zero attached hydrogens (tertiary/aromatic N) is 2. The zero-order valence-corrected chi connectivity index (χ0v) is 17.2. The maximum atomic E-state index is 12.4. The predicted molar refractivity (Wildman–Crippen MR) is 114 cm³/mol. The Morgan fingerprint density at radius 1 is 1.03 bits per heavy atom. The van der Waals surface area contributed by atoms with Gasteiger partial charge in [0, 0.05) is 41.8 Å². The quantitative estimate of drug-likeness (QED) is 0.708. The minimum absolute atomic E-state index is 0.0241. The van der Waals surface area contributed by atoms with Crippen LogP contribution in [0.1, 0.15) is 48.9 Å². The van der Waals surface area contributed by atoms with Crippen LogP contribution >= 0.6 is 11.6 Å². The van der Waals surface area contributed by atoms with Crippen LogP contribution in [0.4, 0.5) is 11.5 Å². The second kappa shape index (κ2) is 8.83. The van der Waals surface area contributed by atoms with Crippen molar-refractivity contribution >= 4 is 40.8 Å². The van der Waals surface area contributed by atoms with Gasteiger partial charge in [-0.1, -0.05) is 17.7 Å². The molecule has 2 aliphatic rings. The van der Waals surface area contributed by atoms with Crippen molar-refractivity contribution in [3.63, 3.8) is 0 Å². The van der Waals surface area contributed by atoms with Crippen molar-refractivity contribution in [3.8, 4) is 0 Å². The maximum absolute atomic E-state index is 12.4. The highest BCUT2D eigenvalue weighted by atomic mass is 35.5. The van der Waals surface area contributed by atoms with E-state index in [0.29, 0.717) is 34.9 Å². The molecule has 1 aromatic carbocycles. The Morgan fingerprint density at radius 2 is 1.77 bits per heavy atom. The average Bonchev–Trinajstić information content (AvgIpc) is 3.07. The summed E-state index contributed by atoms with van der Waals surface area (Å²) in [5.74, 6) is 0.372. The monoisotopic (exact) mass is 426 g/mol. The molecule has 0 atom stereocenters. The molecule has 156 valence electrons. The molecule has 2 aromatic rings. The standard InChI is InChI=1S/C22H23ClN4O3/c23-15-2-1-3-17(12-15)26-22(30)14-4-9-19(24-13-14)25-16-5-7-18(8-6-16)27-20(28)10-11-21(27)29/h1-4,9,12-13,16,18H,5-8,10-11H2,(H,24,25)(H,26,30). The highest BCUT2D eigenvalue weighted by Gasteiger charge is 2.36. The molecular weight excluding hydrogens is 404 g/mol. The SMILES string of the molecule is O=C(Nc1cccc(Cl)c1)c1ccc(NC2CCC(N3C(=O)CCC3=O)CC2)nc1. The number of rotatable bonds is 5. The molecule has 1 saturated carbocycles. The molecular formula is C22H23ClN4O3. The van der Waals surface area contributed by atoms with Gasteiger partial charge in [0.15, 0.2) is 0 Å². The molecule has 3 amide bonds. The van der Waals surface area contributed by atoms with Gasteiger partial charge in [0.05, 0.1) is 5.56 Å². The Bertz CT molecular complexity index is 939. The smallest absolute Gasteiger partial charge is 0.257 e. The van der Waals surface area contributed by atoms with Crippen LogP contribution in [0.15, 0.2) is 42.6 Å². The second-order valence-corrected chi connectivity index (χ2v) is 8.14. The number of halogens is 1. The van der Waals surface area contributed by atoms with E-state index in [1.54, 1.807) is 36.4 Å². The first-order valence-electron chi connectivity index (χ1n) is 10.1. The molecule has 4 rings (SSSR count).